The summed E-state index contributed by atoms with van der Waals surface area (Å²) in [5.41, 5.74) is 2.76. The number of carbonyl (C=O) groups is 1. The molecule has 0 N–H and O–H groups in total. The van der Waals surface area contributed by atoms with Crippen LogP contribution in [-0.2, 0) is 13.5 Å². The maximum absolute atomic E-state index is 12.5. The Labute approximate surface area is 133 Å². The van der Waals surface area contributed by atoms with E-state index in [0.29, 0.717) is 23.2 Å². The second-order valence-electron chi connectivity index (χ2n) is 5.44. The molecule has 118 valence electrons. The van der Waals surface area contributed by atoms with Crippen LogP contribution >= 0.6 is 0 Å². The van der Waals surface area contributed by atoms with Crippen molar-refractivity contribution in [2.75, 3.05) is 13.6 Å². The summed E-state index contributed by atoms with van der Waals surface area (Å²) in [7, 11) is 3.39. The first-order valence-electron chi connectivity index (χ1n) is 7.30. The summed E-state index contributed by atoms with van der Waals surface area (Å²) in [6.45, 7) is 0.602. The van der Waals surface area contributed by atoms with Crippen molar-refractivity contribution in [3.8, 4) is 0 Å². The molecule has 2 heterocycles. The van der Waals surface area contributed by atoms with E-state index >= 15 is 0 Å². The highest BCUT2D eigenvalue weighted by Gasteiger charge is 2.14. The Kier molecular flexibility index (Phi) is 3.97. The van der Waals surface area contributed by atoms with Crippen LogP contribution in [0.15, 0.2) is 51.9 Å². The molecule has 3 aromatic rings. The van der Waals surface area contributed by atoms with E-state index in [2.05, 4.69) is 4.98 Å². The lowest BCUT2D eigenvalue weighted by atomic mass is 10.1. The average molecular weight is 311 g/mol. The number of aryl methyl sites for hydroxylation is 1. The number of hydrogen-bond donors (Lipinski definition) is 0. The molecular weight excluding hydrogens is 294 g/mol. The second kappa shape index (κ2) is 6.08. The zero-order chi connectivity index (χ0) is 16.4. The maximum atomic E-state index is 12.5. The lowest BCUT2D eigenvalue weighted by Crippen LogP contribution is -2.28. The number of hydrogen-bond acceptors (Lipinski definition) is 4. The molecule has 1 aromatic carbocycles. The quantitative estimate of drug-likeness (QED) is 0.737. The van der Waals surface area contributed by atoms with Crippen LogP contribution in [0.5, 0.6) is 0 Å². The van der Waals surface area contributed by atoms with Crippen LogP contribution in [0.25, 0.3) is 11.1 Å². The van der Waals surface area contributed by atoms with Crippen LogP contribution in [0.4, 0.5) is 0 Å². The van der Waals surface area contributed by atoms with E-state index in [0.717, 1.165) is 12.0 Å². The van der Waals surface area contributed by atoms with Crippen molar-refractivity contribution in [2.45, 2.75) is 6.42 Å². The molecule has 0 radical (unpaired) electrons. The summed E-state index contributed by atoms with van der Waals surface area (Å²) in [6.07, 6.45) is 4.24. The number of fused-ring (bicyclic) bond motifs is 1. The number of aromatic nitrogens is 2. The third-order valence-corrected chi connectivity index (χ3v) is 3.87. The van der Waals surface area contributed by atoms with Gasteiger partial charge in [0, 0.05) is 38.6 Å². The van der Waals surface area contributed by atoms with Crippen molar-refractivity contribution >= 4 is 17.0 Å². The predicted octanol–water partition coefficient (Wildman–Crippen LogP) is 1.84. The maximum Gasteiger partial charge on any atom is 0.419 e. The minimum absolute atomic E-state index is 0.0883. The van der Waals surface area contributed by atoms with Crippen molar-refractivity contribution in [1.29, 1.82) is 0 Å². The minimum Gasteiger partial charge on any atom is -0.408 e. The Morgan fingerprint density at radius 3 is 2.74 bits per heavy atom. The smallest absolute Gasteiger partial charge is 0.408 e. The van der Waals surface area contributed by atoms with Gasteiger partial charge in [0.2, 0.25) is 0 Å². The fourth-order valence-electron chi connectivity index (χ4n) is 2.43. The van der Waals surface area contributed by atoms with Gasteiger partial charge in [-0.15, -0.1) is 0 Å². The van der Waals surface area contributed by atoms with Crippen LogP contribution in [0, 0.1) is 0 Å². The molecule has 0 saturated heterocycles. The zero-order valence-corrected chi connectivity index (χ0v) is 13.0. The van der Waals surface area contributed by atoms with Gasteiger partial charge in [-0.25, -0.2) is 4.79 Å². The van der Waals surface area contributed by atoms with Gasteiger partial charge >= 0.3 is 5.76 Å². The summed E-state index contributed by atoms with van der Waals surface area (Å²) in [6, 6.07) is 8.89. The van der Waals surface area contributed by atoms with Crippen LogP contribution in [0.1, 0.15) is 15.9 Å². The minimum atomic E-state index is -0.435. The fourth-order valence-corrected chi connectivity index (χ4v) is 2.43. The van der Waals surface area contributed by atoms with Gasteiger partial charge in [-0.1, -0.05) is 0 Å². The number of rotatable bonds is 4. The first-order valence-corrected chi connectivity index (χ1v) is 7.30. The van der Waals surface area contributed by atoms with Gasteiger partial charge in [0.05, 0.1) is 5.52 Å². The molecule has 2 aromatic heterocycles. The molecule has 23 heavy (non-hydrogen) atoms. The van der Waals surface area contributed by atoms with Crippen LogP contribution in [-0.4, -0.2) is 34.0 Å². The molecule has 6 nitrogen and oxygen atoms in total. The summed E-state index contributed by atoms with van der Waals surface area (Å²) < 4.78 is 6.47. The third-order valence-electron chi connectivity index (χ3n) is 3.87. The molecule has 0 atom stereocenters. The molecule has 0 fully saturated rings. The van der Waals surface area contributed by atoms with Gasteiger partial charge < -0.3 is 9.32 Å². The number of benzene rings is 1. The van der Waals surface area contributed by atoms with E-state index in [1.54, 1.807) is 49.6 Å². The van der Waals surface area contributed by atoms with Gasteiger partial charge in [0.15, 0.2) is 5.58 Å². The normalized spacial score (nSPS) is 10.9. The third kappa shape index (κ3) is 3.01. The highest BCUT2D eigenvalue weighted by atomic mass is 16.4. The zero-order valence-electron chi connectivity index (χ0n) is 13.0. The van der Waals surface area contributed by atoms with Crippen molar-refractivity contribution in [2.24, 2.45) is 7.05 Å². The van der Waals surface area contributed by atoms with Crippen LogP contribution in [0.3, 0.4) is 0 Å². The Morgan fingerprint density at radius 1 is 1.26 bits per heavy atom. The number of pyridine rings is 1. The topological polar surface area (TPSA) is 68.3 Å². The highest BCUT2D eigenvalue weighted by Crippen LogP contribution is 2.15. The van der Waals surface area contributed by atoms with Gasteiger partial charge in [0.25, 0.3) is 5.91 Å². The average Bonchev–Trinajstić information content (AvgIpc) is 2.87. The van der Waals surface area contributed by atoms with Gasteiger partial charge in [-0.3, -0.25) is 14.3 Å². The number of amides is 1. The summed E-state index contributed by atoms with van der Waals surface area (Å²) in [5.74, 6) is -0.523. The first-order chi connectivity index (χ1) is 11.1. The molecule has 3 rings (SSSR count). The Bertz CT molecular complexity index is 896. The Hall–Kier alpha value is -2.89. The number of carbonyl (C=O) groups excluding carboxylic acids is 1. The molecule has 0 saturated carbocycles. The SMILES string of the molecule is CN(CCc1ccncc1)C(=O)c1ccc2oc(=O)n(C)c2c1. The molecule has 6 heteroatoms. The van der Waals surface area contributed by atoms with Gasteiger partial charge in [-0.2, -0.15) is 0 Å². The molecule has 0 bridgehead atoms. The molecule has 0 spiro atoms. The summed E-state index contributed by atoms with van der Waals surface area (Å²) >= 11 is 0. The van der Waals surface area contributed by atoms with Crippen molar-refractivity contribution in [1.82, 2.24) is 14.5 Å². The number of oxazole rings is 1. The standard InChI is InChI=1S/C17H17N3O3/c1-19(10-7-12-5-8-18-9-6-12)16(21)13-3-4-15-14(11-13)20(2)17(22)23-15/h3-6,8-9,11H,7,10H2,1-2H3. The van der Waals surface area contributed by atoms with E-state index < -0.39 is 5.76 Å². The van der Waals surface area contributed by atoms with E-state index in [1.807, 2.05) is 12.1 Å². The van der Waals surface area contributed by atoms with Crippen LogP contribution < -0.4 is 5.76 Å². The Balaban J connectivity index is 1.76. The van der Waals surface area contributed by atoms with E-state index in [4.69, 9.17) is 4.42 Å². The molecule has 0 aliphatic carbocycles. The largest absolute Gasteiger partial charge is 0.419 e. The lowest BCUT2D eigenvalue weighted by Gasteiger charge is -2.17. The molecular formula is C17H17N3O3. The number of likely N-dealkylation sites (N-methyl/N-ethyl adjacent to an activating group) is 1. The van der Waals surface area contributed by atoms with E-state index in [9.17, 15) is 9.59 Å². The molecule has 0 aliphatic rings. The monoisotopic (exact) mass is 311 g/mol. The van der Waals surface area contributed by atoms with E-state index in [-0.39, 0.29) is 5.91 Å². The van der Waals surface area contributed by atoms with Gasteiger partial charge in [0.1, 0.15) is 0 Å². The summed E-state index contributed by atoms with van der Waals surface area (Å²) in [4.78, 5) is 29.7. The highest BCUT2D eigenvalue weighted by molar-refractivity contribution is 5.97. The van der Waals surface area contributed by atoms with Crippen molar-refractivity contribution in [3.05, 3.63) is 64.4 Å². The molecule has 0 aliphatic heterocycles. The van der Waals surface area contributed by atoms with Crippen molar-refractivity contribution < 1.29 is 9.21 Å². The Morgan fingerprint density at radius 2 is 2.00 bits per heavy atom. The van der Waals surface area contributed by atoms with Crippen LogP contribution in [0.2, 0.25) is 0 Å². The van der Waals surface area contributed by atoms with E-state index in [1.165, 1.54) is 4.57 Å². The predicted molar refractivity (Wildman–Crippen MR) is 86.4 cm³/mol. The number of nitrogens with zero attached hydrogens (tertiary/aromatic N) is 3. The first kappa shape index (κ1) is 15.0. The second-order valence-corrected chi connectivity index (χ2v) is 5.44. The lowest BCUT2D eigenvalue weighted by molar-refractivity contribution is 0.0797. The summed E-state index contributed by atoms with van der Waals surface area (Å²) in [5, 5.41) is 0. The van der Waals surface area contributed by atoms with Gasteiger partial charge in [-0.05, 0) is 42.3 Å². The molecule has 0 unspecified atom stereocenters. The van der Waals surface area contributed by atoms with Crippen molar-refractivity contribution in [3.63, 3.8) is 0 Å². The molecule has 1 amide bonds. The fraction of sp³-hybridized carbons (Fsp3) is 0.235.